The predicted molar refractivity (Wildman–Crippen MR) is 59.1 cm³/mol. The average Bonchev–Trinajstić information content (AvgIpc) is 2.79. The van der Waals surface area contributed by atoms with Crippen molar-refractivity contribution in [2.75, 3.05) is 13.1 Å². The van der Waals surface area contributed by atoms with Gasteiger partial charge in [-0.1, -0.05) is 0 Å². The first-order valence-electron chi connectivity index (χ1n) is 5.50. The number of benzene rings is 1. The normalized spacial score (nSPS) is 27.5. The number of hydrogen-bond donors (Lipinski definition) is 1. The van der Waals surface area contributed by atoms with E-state index in [1.807, 2.05) is 6.33 Å². The molecule has 0 saturated carbocycles. The zero-order valence-electron chi connectivity index (χ0n) is 8.70. The topological polar surface area (TPSA) is 29.9 Å². The van der Waals surface area contributed by atoms with Gasteiger partial charge in [-0.05, 0) is 23.3 Å². The van der Waals surface area contributed by atoms with Crippen molar-refractivity contribution >= 4 is 11.0 Å². The van der Waals surface area contributed by atoms with E-state index in [-0.39, 0.29) is 0 Å². The highest BCUT2D eigenvalue weighted by Crippen LogP contribution is 2.49. The summed E-state index contributed by atoms with van der Waals surface area (Å²) in [5.74, 6) is 1.52. The van der Waals surface area contributed by atoms with Gasteiger partial charge in [-0.3, -0.25) is 0 Å². The molecular weight excluding hydrogens is 186 g/mol. The molecule has 76 valence electrons. The standard InChI is InChI=1S/C12H13N3/c1-15-6-14-11-2-7-8(3-12(11)15)10-5-13-4-9(7)10/h2-3,6,9-10,13H,4-5H2,1H3. The lowest BCUT2D eigenvalue weighted by Crippen LogP contribution is -2.22. The van der Waals surface area contributed by atoms with Gasteiger partial charge in [0.2, 0.25) is 0 Å². The van der Waals surface area contributed by atoms with Crippen LogP contribution in [-0.2, 0) is 7.05 Å². The SMILES string of the molecule is Cn1cnc2cc3c(cc21)C1CNCC31. The monoisotopic (exact) mass is 199 g/mol. The summed E-state index contributed by atoms with van der Waals surface area (Å²) >= 11 is 0. The second-order valence-corrected chi connectivity index (χ2v) is 4.70. The van der Waals surface area contributed by atoms with Crippen LogP contribution >= 0.6 is 0 Å². The highest BCUT2D eigenvalue weighted by atomic mass is 15.0. The summed E-state index contributed by atoms with van der Waals surface area (Å²) in [7, 11) is 2.06. The lowest BCUT2D eigenvalue weighted by Gasteiger charge is -2.33. The van der Waals surface area contributed by atoms with Gasteiger partial charge in [-0.25, -0.2) is 4.98 Å². The highest BCUT2D eigenvalue weighted by molar-refractivity contribution is 5.79. The first-order valence-corrected chi connectivity index (χ1v) is 5.50. The third-order valence-corrected chi connectivity index (χ3v) is 3.94. The van der Waals surface area contributed by atoms with Crippen LogP contribution < -0.4 is 5.32 Å². The molecule has 2 aliphatic rings. The molecule has 1 N–H and O–H groups in total. The van der Waals surface area contributed by atoms with Crippen LogP contribution in [0, 0.1) is 0 Å². The fraction of sp³-hybridized carbons (Fsp3) is 0.417. The second kappa shape index (κ2) is 2.42. The number of nitrogens with one attached hydrogen (secondary N) is 1. The minimum Gasteiger partial charge on any atom is -0.334 e. The van der Waals surface area contributed by atoms with Crippen molar-refractivity contribution in [1.82, 2.24) is 14.9 Å². The third-order valence-electron chi connectivity index (χ3n) is 3.94. The molecule has 2 aromatic rings. The van der Waals surface area contributed by atoms with E-state index in [1.54, 1.807) is 5.56 Å². The van der Waals surface area contributed by atoms with Crippen molar-refractivity contribution in [2.24, 2.45) is 7.05 Å². The van der Waals surface area contributed by atoms with Gasteiger partial charge >= 0.3 is 0 Å². The van der Waals surface area contributed by atoms with Gasteiger partial charge in [0.05, 0.1) is 17.4 Å². The van der Waals surface area contributed by atoms with Gasteiger partial charge in [-0.2, -0.15) is 0 Å². The molecule has 1 fully saturated rings. The summed E-state index contributed by atoms with van der Waals surface area (Å²) in [6, 6.07) is 4.60. The Balaban J connectivity index is 2.01. The molecule has 1 aliphatic heterocycles. The van der Waals surface area contributed by atoms with Crippen molar-refractivity contribution in [3.05, 3.63) is 29.6 Å². The molecule has 1 aliphatic carbocycles. The molecule has 2 atom stereocenters. The van der Waals surface area contributed by atoms with E-state index in [0.717, 1.165) is 30.4 Å². The summed E-state index contributed by atoms with van der Waals surface area (Å²) < 4.78 is 2.10. The molecule has 1 aromatic heterocycles. The maximum Gasteiger partial charge on any atom is 0.0955 e. The predicted octanol–water partition coefficient (Wildman–Crippen LogP) is 1.36. The fourth-order valence-corrected chi connectivity index (χ4v) is 3.08. The Morgan fingerprint density at radius 1 is 1.27 bits per heavy atom. The first kappa shape index (κ1) is 7.88. The summed E-state index contributed by atoms with van der Waals surface area (Å²) in [6.45, 7) is 2.30. The second-order valence-electron chi connectivity index (χ2n) is 4.70. The number of hydrogen-bond acceptors (Lipinski definition) is 2. The van der Waals surface area contributed by atoms with Crippen LogP contribution in [0.5, 0.6) is 0 Å². The largest absolute Gasteiger partial charge is 0.334 e. The van der Waals surface area contributed by atoms with Gasteiger partial charge in [0.15, 0.2) is 0 Å². The number of imidazole rings is 1. The van der Waals surface area contributed by atoms with Crippen LogP contribution in [0.4, 0.5) is 0 Å². The minimum atomic E-state index is 0.756. The Morgan fingerprint density at radius 2 is 2.00 bits per heavy atom. The molecule has 15 heavy (non-hydrogen) atoms. The van der Waals surface area contributed by atoms with E-state index in [2.05, 4.69) is 34.0 Å². The van der Waals surface area contributed by atoms with Gasteiger partial charge in [0.25, 0.3) is 0 Å². The zero-order valence-corrected chi connectivity index (χ0v) is 8.70. The van der Waals surface area contributed by atoms with Gasteiger partial charge in [0, 0.05) is 32.0 Å². The van der Waals surface area contributed by atoms with E-state index in [9.17, 15) is 0 Å². The van der Waals surface area contributed by atoms with Crippen LogP contribution in [0.25, 0.3) is 11.0 Å². The average molecular weight is 199 g/mol. The molecule has 3 nitrogen and oxygen atoms in total. The fourth-order valence-electron chi connectivity index (χ4n) is 3.08. The Hall–Kier alpha value is -1.35. The van der Waals surface area contributed by atoms with Crippen LogP contribution in [-0.4, -0.2) is 22.6 Å². The van der Waals surface area contributed by atoms with Gasteiger partial charge < -0.3 is 9.88 Å². The molecule has 2 unspecified atom stereocenters. The van der Waals surface area contributed by atoms with E-state index in [4.69, 9.17) is 0 Å². The van der Waals surface area contributed by atoms with Crippen LogP contribution in [0.3, 0.4) is 0 Å². The van der Waals surface area contributed by atoms with Crippen LogP contribution in [0.1, 0.15) is 23.0 Å². The molecule has 3 heteroatoms. The van der Waals surface area contributed by atoms with Crippen molar-refractivity contribution in [2.45, 2.75) is 11.8 Å². The lowest BCUT2D eigenvalue weighted by atomic mass is 9.70. The quantitative estimate of drug-likeness (QED) is 0.694. The van der Waals surface area contributed by atoms with Gasteiger partial charge in [-0.15, -0.1) is 0 Å². The summed E-state index contributed by atoms with van der Waals surface area (Å²) in [6.07, 6.45) is 1.90. The van der Waals surface area contributed by atoms with Crippen molar-refractivity contribution in [3.63, 3.8) is 0 Å². The van der Waals surface area contributed by atoms with Crippen LogP contribution in [0.2, 0.25) is 0 Å². The summed E-state index contributed by atoms with van der Waals surface area (Å²) in [5, 5.41) is 3.47. The van der Waals surface area contributed by atoms with Crippen molar-refractivity contribution < 1.29 is 0 Å². The lowest BCUT2D eigenvalue weighted by molar-refractivity contribution is 0.581. The van der Waals surface area contributed by atoms with E-state index >= 15 is 0 Å². The smallest absolute Gasteiger partial charge is 0.0955 e. The number of nitrogens with zero attached hydrogens (tertiary/aromatic N) is 2. The maximum atomic E-state index is 4.41. The molecule has 0 spiro atoms. The van der Waals surface area contributed by atoms with Crippen molar-refractivity contribution in [3.8, 4) is 0 Å². The molecule has 1 saturated heterocycles. The van der Waals surface area contributed by atoms with Crippen molar-refractivity contribution in [1.29, 1.82) is 0 Å². The molecule has 0 radical (unpaired) electrons. The Morgan fingerprint density at radius 3 is 2.80 bits per heavy atom. The molecule has 4 rings (SSSR count). The van der Waals surface area contributed by atoms with E-state index in [1.165, 1.54) is 11.1 Å². The Kier molecular flexibility index (Phi) is 1.27. The highest BCUT2D eigenvalue weighted by Gasteiger charge is 2.41. The molecule has 2 heterocycles. The van der Waals surface area contributed by atoms with E-state index < -0.39 is 0 Å². The van der Waals surface area contributed by atoms with Gasteiger partial charge in [0.1, 0.15) is 0 Å². The number of fused-ring (bicyclic) bond motifs is 5. The first-order chi connectivity index (χ1) is 7.34. The van der Waals surface area contributed by atoms with Crippen LogP contribution in [0.15, 0.2) is 18.5 Å². The molecular formula is C12H13N3. The Labute approximate surface area is 88.1 Å². The summed E-state index contributed by atoms with van der Waals surface area (Å²) in [4.78, 5) is 4.41. The zero-order chi connectivity index (χ0) is 9.99. The Bertz CT molecular complexity index is 555. The number of aromatic nitrogens is 2. The summed E-state index contributed by atoms with van der Waals surface area (Å²) in [5.41, 5.74) is 5.47. The third kappa shape index (κ3) is 0.827. The molecule has 0 amide bonds. The molecule has 1 aromatic carbocycles. The van der Waals surface area contributed by atoms with E-state index in [0.29, 0.717) is 0 Å². The minimum absolute atomic E-state index is 0.756. The number of aryl methyl sites for hydroxylation is 1. The maximum absolute atomic E-state index is 4.41. The number of rotatable bonds is 0. The molecule has 0 bridgehead atoms.